The second kappa shape index (κ2) is 7.70. The van der Waals surface area contributed by atoms with Crippen molar-refractivity contribution in [2.75, 3.05) is 5.32 Å². The molecule has 2 aromatic carbocycles. The van der Waals surface area contributed by atoms with Gasteiger partial charge >= 0.3 is 0 Å². The highest BCUT2D eigenvalue weighted by atomic mass is 16.1. The van der Waals surface area contributed by atoms with Gasteiger partial charge in [0, 0.05) is 24.7 Å². The van der Waals surface area contributed by atoms with Gasteiger partial charge < -0.3 is 5.32 Å². The first kappa shape index (κ1) is 18.8. The molecule has 1 heterocycles. The molecule has 140 valence electrons. The Balaban J connectivity index is 1.59. The van der Waals surface area contributed by atoms with E-state index in [1.807, 2.05) is 24.3 Å². The summed E-state index contributed by atoms with van der Waals surface area (Å²) in [5, 5.41) is 14.4. The third-order valence-electron chi connectivity index (χ3n) is 4.49. The Bertz CT molecular complexity index is 922. The van der Waals surface area contributed by atoms with Crippen molar-refractivity contribution in [2.45, 2.75) is 39.0 Å². The van der Waals surface area contributed by atoms with Crippen molar-refractivity contribution >= 4 is 11.6 Å². The van der Waals surface area contributed by atoms with Crippen LogP contribution in [0.2, 0.25) is 0 Å². The largest absolute Gasteiger partial charge is 0.326 e. The van der Waals surface area contributed by atoms with Crippen LogP contribution in [0, 0.1) is 0 Å². The first-order valence-corrected chi connectivity index (χ1v) is 9.05. The van der Waals surface area contributed by atoms with E-state index in [-0.39, 0.29) is 11.3 Å². The van der Waals surface area contributed by atoms with Crippen molar-refractivity contribution in [2.24, 2.45) is 7.05 Å². The second-order valence-electron chi connectivity index (χ2n) is 7.70. The standard InChI is InChI=1S/C21H25N5O/c1-21(2,3)17-11-8-15(9-12-17)10-13-19(27)22-18-7-5-6-16(14-18)20-23-24-25-26(20)4/h5-9,11-12,14H,10,13H2,1-4H3,(H,22,27). The highest BCUT2D eigenvalue weighted by molar-refractivity contribution is 5.91. The number of hydrogen-bond acceptors (Lipinski definition) is 4. The molecule has 1 N–H and O–H groups in total. The third kappa shape index (κ3) is 4.78. The smallest absolute Gasteiger partial charge is 0.224 e. The number of tetrazole rings is 1. The quantitative estimate of drug-likeness (QED) is 0.749. The van der Waals surface area contributed by atoms with Crippen molar-refractivity contribution in [3.8, 4) is 11.4 Å². The number of amides is 1. The number of hydrogen-bond donors (Lipinski definition) is 1. The Kier molecular flexibility index (Phi) is 5.35. The van der Waals surface area contributed by atoms with Gasteiger partial charge in [0.1, 0.15) is 0 Å². The molecule has 1 aromatic heterocycles. The van der Waals surface area contributed by atoms with Gasteiger partial charge in [-0.3, -0.25) is 4.79 Å². The second-order valence-corrected chi connectivity index (χ2v) is 7.70. The highest BCUT2D eigenvalue weighted by Gasteiger charge is 2.13. The van der Waals surface area contributed by atoms with Crippen LogP contribution in [0.3, 0.4) is 0 Å². The number of benzene rings is 2. The summed E-state index contributed by atoms with van der Waals surface area (Å²) in [5.41, 5.74) is 4.20. The molecule has 0 saturated carbocycles. The normalized spacial score (nSPS) is 11.4. The van der Waals surface area contributed by atoms with Crippen molar-refractivity contribution in [1.82, 2.24) is 20.2 Å². The van der Waals surface area contributed by atoms with Crippen LogP contribution in [-0.2, 0) is 23.7 Å². The maximum absolute atomic E-state index is 12.3. The van der Waals surface area contributed by atoms with E-state index in [4.69, 9.17) is 0 Å². The molecule has 6 nitrogen and oxygen atoms in total. The number of aryl methyl sites for hydroxylation is 2. The van der Waals surface area contributed by atoms with Gasteiger partial charge in [-0.05, 0) is 45.5 Å². The molecular formula is C21H25N5O. The molecule has 1 amide bonds. The molecule has 0 bridgehead atoms. The van der Waals surface area contributed by atoms with Gasteiger partial charge in [-0.15, -0.1) is 5.10 Å². The first-order valence-electron chi connectivity index (χ1n) is 9.05. The summed E-state index contributed by atoms with van der Waals surface area (Å²) >= 11 is 0. The minimum Gasteiger partial charge on any atom is -0.326 e. The molecule has 0 saturated heterocycles. The van der Waals surface area contributed by atoms with E-state index >= 15 is 0 Å². The number of carbonyl (C=O) groups excluding carboxylic acids is 1. The molecule has 0 atom stereocenters. The number of carbonyl (C=O) groups is 1. The average molecular weight is 363 g/mol. The van der Waals surface area contributed by atoms with Crippen molar-refractivity contribution in [3.05, 3.63) is 59.7 Å². The Morgan fingerprint density at radius 1 is 1.11 bits per heavy atom. The summed E-state index contributed by atoms with van der Waals surface area (Å²) in [5.74, 6) is 0.646. The van der Waals surface area contributed by atoms with E-state index in [0.717, 1.165) is 16.8 Å². The van der Waals surface area contributed by atoms with Crippen LogP contribution in [0.1, 0.15) is 38.3 Å². The van der Waals surface area contributed by atoms with Crippen molar-refractivity contribution < 1.29 is 4.79 Å². The van der Waals surface area contributed by atoms with Gasteiger partial charge in [-0.1, -0.05) is 57.2 Å². The van der Waals surface area contributed by atoms with E-state index in [1.54, 1.807) is 11.7 Å². The van der Waals surface area contributed by atoms with E-state index < -0.39 is 0 Å². The Morgan fingerprint density at radius 2 is 1.85 bits per heavy atom. The van der Waals surface area contributed by atoms with Gasteiger partial charge in [0.05, 0.1) is 0 Å². The van der Waals surface area contributed by atoms with Gasteiger partial charge in [0.15, 0.2) is 5.82 Å². The van der Waals surface area contributed by atoms with Crippen LogP contribution in [0.25, 0.3) is 11.4 Å². The van der Waals surface area contributed by atoms with Crippen LogP contribution >= 0.6 is 0 Å². The first-order chi connectivity index (χ1) is 12.8. The highest BCUT2D eigenvalue weighted by Crippen LogP contribution is 2.23. The maximum atomic E-state index is 12.3. The predicted octanol–water partition coefficient (Wildman–Crippen LogP) is 3.75. The molecule has 0 spiro atoms. The minimum absolute atomic E-state index is 0.0110. The molecule has 3 aromatic rings. The lowest BCUT2D eigenvalue weighted by atomic mass is 9.86. The van der Waals surface area contributed by atoms with Gasteiger partial charge in [-0.25, -0.2) is 4.68 Å². The fourth-order valence-corrected chi connectivity index (χ4v) is 2.86. The number of rotatable bonds is 5. The molecule has 0 unspecified atom stereocenters. The molecular weight excluding hydrogens is 338 g/mol. The summed E-state index contributed by atoms with van der Waals surface area (Å²) in [7, 11) is 1.78. The summed E-state index contributed by atoms with van der Waals surface area (Å²) in [6, 6.07) is 16.0. The topological polar surface area (TPSA) is 72.7 Å². The monoisotopic (exact) mass is 363 g/mol. The molecule has 27 heavy (non-hydrogen) atoms. The predicted molar refractivity (Wildman–Crippen MR) is 106 cm³/mol. The zero-order chi connectivity index (χ0) is 19.4. The SMILES string of the molecule is Cn1nnnc1-c1cccc(NC(=O)CCc2ccc(C(C)(C)C)cc2)c1. The minimum atomic E-state index is -0.0110. The van der Waals surface area contributed by atoms with Crippen molar-refractivity contribution in [3.63, 3.8) is 0 Å². The maximum Gasteiger partial charge on any atom is 0.224 e. The van der Waals surface area contributed by atoms with Gasteiger partial charge in [0.25, 0.3) is 0 Å². The van der Waals surface area contributed by atoms with Crippen molar-refractivity contribution in [1.29, 1.82) is 0 Å². The van der Waals surface area contributed by atoms with Crippen LogP contribution in [0.4, 0.5) is 5.69 Å². The summed E-state index contributed by atoms with van der Waals surface area (Å²) in [6.45, 7) is 6.59. The molecule has 0 aliphatic carbocycles. The molecule has 0 radical (unpaired) electrons. The Hall–Kier alpha value is -3.02. The van der Waals surface area contributed by atoms with Crippen LogP contribution in [0.5, 0.6) is 0 Å². The lowest BCUT2D eigenvalue weighted by molar-refractivity contribution is -0.116. The molecule has 3 rings (SSSR count). The zero-order valence-electron chi connectivity index (χ0n) is 16.2. The Labute approximate surface area is 159 Å². The third-order valence-corrected chi connectivity index (χ3v) is 4.49. The lowest BCUT2D eigenvalue weighted by Gasteiger charge is -2.19. The van der Waals surface area contributed by atoms with E-state index in [1.165, 1.54) is 5.56 Å². The number of nitrogens with zero attached hydrogens (tertiary/aromatic N) is 4. The van der Waals surface area contributed by atoms with Crippen LogP contribution in [0.15, 0.2) is 48.5 Å². The van der Waals surface area contributed by atoms with Gasteiger partial charge in [0.2, 0.25) is 5.91 Å². The van der Waals surface area contributed by atoms with E-state index in [9.17, 15) is 4.79 Å². The molecule has 6 heteroatoms. The van der Waals surface area contributed by atoms with Crippen LogP contribution < -0.4 is 5.32 Å². The van der Waals surface area contributed by atoms with Crippen LogP contribution in [-0.4, -0.2) is 26.1 Å². The average Bonchev–Trinajstić information content (AvgIpc) is 3.06. The summed E-state index contributed by atoms with van der Waals surface area (Å²) < 4.78 is 1.60. The van der Waals surface area contributed by atoms with E-state index in [0.29, 0.717) is 18.7 Å². The number of anilines is 1. The summed E-state index contributed by atoms with van der Waals surface area (Å²) in [4.78, 5) is 12.3. The van der Waals surface area contributed by atoms with E-state index in [2.05, 4.69) is 65.9 Å². The lowest BCUT2D eigenvalue weighted by Crippen LogP contribution is -2.13. The molecule has 0 aliphatic heterocycles. The molecule has 0 aliphatic rings. The van der Waals surface area contributed by atoms with Gasteiger partial charge in [-0.2, -0.15) is 0 Å². The summed E-state index contributed by atoms with van der Waals surface area (Å²) in [6.07, 6.45) is 1.15. The fourth-order valence-electron chi connectivity index (χ4n) is 2.86. The number of nitrogens with one attached hydrogen (secondary N) is 1. The number of aromatic nitrogens is 4. The zero-order valence-corrected chi connectivity index (χ0v) is 16.2. The Morgan fingerprint density at radius 3 is 2.48 bits per heavy atom. The molecule has 0 fully saturated rings. The fraction of sp³-hybridized carbons (Fsp3) is 0.333.